The first kappa shape index (κ1) is 14.2. The van der Waals surface area contributed by atoms with Gasteiger partial charge in [0.15, 0.2) is 0 Å². The number of anilines is 1. The minimum absolute atomic E-state index is 0.782. The molecule has 0 unspecified atom stereocenters. The molecule has 1 heterocycles. The Hall–Kier alpha value is -1.78. The Kier molecular flexibility index (Phi) is 4.27. The zero-order chi connectivity index (χ0) is 14.7. The summed E-state index contributed by atoms with van der Waals surface area (Å²) in [7, 11) is 0. The average molecular weight is 312 g/mol. The zero-order valence-electron chi connectivity index (χ0n) is 11.7. The van der Waals surface area contributed by atoms with Gasteiger partial charge in [-0.15, -0.1) is 23.1 Å². The third-order valence-corrected chi connectivity index (χ3v) is 5.20. The highest BCUT2D eigenvalue weighted by atomic mass is 32.2. The van der Waals surface area contributed by atoms with Gasteiger partial charge in [-0.1, -0.05) is 29.8 Å². The smallest absolute Gasteiger partial charge is 0.104 e. The first-order valence-corrected chi connectivity index (χ1v) is 8.57. The maximum absolute atomic E-state index is 5.71. The minimum Gasteiger partial charge on any atom is -0.399 e. The standard InChI is InChI=1S/C17H16N2S2/c1-12-2-8-15(9-3-12)20-11-17-19-16(10-21-17)13-4-6-14(18)7-5-13/h2-10H,11,18H2,1H3. The van der Waals surface area contributed by atoms with Crippen molar-refractivity contribution in [3.05, 3.63) is 64.5 Å². The van der Waals surface area contributed by atoms with Gasteiger partial charge in [0.05, 0.1) is 11.4 Å². The highest BCUT2D eigenvalue weighted by molar-refractivity contribution is 7.98. The number of benzene rings is 2. The van der Waals surface area contributed by atoms with Crippen LogP contribution < -0.4 is 5.73 Å². The van der Waals surface area contributed by atoms with Crippen LogP contribution in [0.25, 0.3) is 11.3 Å². The van der Waals surface area contributed by atoms with Gasteiger partial charge in [0.1, 0.15) is 5.01 Å². The normalized spacial score (nSPS) is 10.7. The summed E-state index contributed by atoms with van der Waals surface area (Å²) in [4.78, 5) is 5.98. The van der Waals surface area contributed by atoms with E-state index in [1.54, 1.807) is 11.3 Å². The molecule has 0 amide bonds. The first-order chi connectivity index (χ1) is 10.2. The molecular weight excluding hydrogens is 296 g/mol. The van der Waals surface area contributed by atoms with Crippen LogP contribution in [0.5, 0.6) is 0 Å². The lowest BCUT2D eigenvalue weighted by atomic mass is 10.1. The molecule has 0 fully saturated rings. The van der Waals surface area contributed by atoms with Crippen molar-refractivity contribution in [2.45, 2.75) is 17.6 Å². The lowest BCUT2D eigenvalue weighted by Crippen LogP contribution is -1.85. The van der Waals surface area contributed by atoms with Crippen LogP contribution in [0.2, 0.25) is 0 Å². The van der Waals surface area contributed by atoms with Crippen LogP contribution in [-0.2, 0) is 5.75 Å². The molecule has 0 saturated carbocycles. The van der Waals surface area contributed by atoms with Crippen LogP contribution in [0.1, 0.15) is 10.6 Å². The Labute approximate surface area is 133 Å². The van der Waals surface area contributed by atoms with Gasteiger partial charge in [-0.25, -0.2) is 4.98 Å². The molecule has 3 rings (SSSR count). The summed E-state index contributed by atoms with van der Waals surface area (Å²) in [6.07, 6.45) is 0. The Balaban J connectivity index is 1.67. The molecule has 1 aromatic heterocycles. The predicted octanol–water partition coefficient (Wildman–Crippen LogP) is 4.99. The molecule has 2 aromatic carbocycles. The van der Waals surface area contributed by atoms with Gasteiger partial charge < -0.3 is 5.73 Å². The molecule has 0 atom stereocenters. The summed E-state index contributed by atoms with van der Waals surface area (Å²) in [6.45, 7) is 2.11. The third-order valence-electron chi connectivity index (χ3n) is 3.14. The van der Waals surface area contributed by atoms with E-state index in [9.17, 15) is 0 Å². The Morgan fingerprint density at radius 3 is 2.48 bits per heavy atom. The number of thiazole rings is 1. The van der Waals surface area contributed by atoms with Gasteiger partial charge in [-0.3, -0.25) is 0 Å². The molecule has 0 radical (unpaired) electrons. The number of rotatable bonds is 4. The molecule has 0 aliphatic heterocycles. The van der Waals surface area contributed by atoms with Gasteiger partial charge in [0.25, 0.3) is 0 Å². The third kappa shape index (κ3) is 3.65. The highest BCUT2D eigenvalue weighted by Crippen LogP contribution is 2.28. The molecule has 2 N–H and O–H groups in total. The molecule has 0 spiro atoms. The van der Waals surface area contributed by atoms with E-state index in [0.29, 0.717) is 0 Å². The van der Waals surface area contributed by atoms with Crippen LogP contribution in [0.3, 0.4) is 0 Å². The number of nitrogens with two attached hydrogens (primary N) is 1. The molecule has 21 heavy (non-hydrogen) atoms. The topological polar surface area (TPSA) is 38.9 Å². The van der Waals surface area contributed by atoms with E-state index in [0.717, 1.165) is 27.7 Å². The SMILES string of the molecule is Cc1ccc(SCc2nc(-c3ccc(N)cc3)cs2)cc1. The maximum Gasteiger partial charge on any atom is 0.104 e. The lowest BCUT2D eigenvalue weighted by molar-refractivity contribution is 1.26. The van der Waals surface area contributed by atoms with Crippen LogP contribution >= 0.6 is 23.1 Å². The molecule has 3 aromatic rings. The Morgan fingerprint density at radius 1 is 1.05 bits per heavy atom. The second kappa shape index (κ2) is 6.33. The second-order valence-corrected chi connectivity index (χ2v) is 6.84. The van der Waals surface area contributed by atoms with Crippen molar-refractivity contribution >= 4 is 28.8 Å². The molecule has 2 nitrogen and oxygen atoms in total. The van der Waals surface area contributed by atoms with Crippen LogP contribution in [0, 0.1) is 6.92 Å². The van der Waals surface area contributed by atoms with E-state index in [1.807, 2.05) is 36.0 Å². The molecular formula is C17H16N2S2. The maximum atomic E-state index is 5.71. The van der Waals surface area contributed by atoms with E-state index < -0.39 is 0 Å². The number of hydrogen-bond acceptors (Lipinski definition) is 4. The summed E-state index contributed by atoms with van der Waals surface area (Å²) < 4.78 is 0. The fourth-order valence-electron chi connectivity index (χ4n) is 1.94. The largest absolute Gasteiger partial charge is 0.399 e. The minimum atomic E-state index is 0.782. The van der Waals surface area contributed by atoms with Crippen molar-refractivity contribution in [2.24, 2.45) is 0 Å². The molecule has 0 saturated heterocycles. The van der Waals surface area contributed by atoms with Crippen LogP contribution in [0.15, 0.2) is 58.8 Å². The molecule has 106 valence electrons. The number of thioether (sulfide) groups is 1. The second-order valence-electron chi connectivity index (χ2n) is 4.85. The number of nitrogens with zero attached hydrogens (tertiary/aromatic N) is 1. The van der Waals surface area contributed by atoms with Gasteiger partial charge in [-0.05, 0) is 31.2 Å². The molecule has 0 aliphatic carbocycles. The summed E-state index contributed by atoms with van der Waals surface area (Å²) in [5.74, 6) is 0.905. The van der Waals surface area contributed by atoms with Gasteiger partial charge in [0.2, 0.25) is 0 Å². The average Bonchev–Trinajstić information content (AvgIpc) is 2.96. The van der Waals surface area contributed by atoms with E-state index in [4.69, 9.17) is 10.7 Å². The molecule has 0 aliphatic rings. The number of hydrogen-bond donors (Lipinski definition) is 1. The van der Waals surface area contributed by atoms with Crippen molar-refractivity contribution in [2.75, 3.05) is 5.73 Å². The van der Waals surface area contributed by atoms with Crippen molar-refractivity contribution in [1.29, 1.82) is 0 Å². The van der Waals surface area contributed by atoms with Gasteiger partial charge in [0, 0.05) is 21.5 Å². The molecule has 0 bridgehead atoms. The van der Waals surface area contributed by atoms with Gasteiger partial charge in [-0.2, -0.15) is 0 Å². The quantitative estimate of drug-likeness (QED) is 0.544. The number of nitrogen functional groups attached to an aromatic ring is 1. The van der Waals surface area contributed by atoms with Crippen molar-refractivity contribution < 1.29 is 0 Å². The summed E-state index contributed by atoms with van der Waals surface area (Å²) in [5.41, 5.74) is 9.93. The summed E-state index contributed by atoms with van der Waals surface area (Å²) >= 11 is 3.53. The van der Waals surface area contributed by atoms with E-state index in [1.165, 1.54) is 10.5 Å². The fourth-order valence-corrected chi connectivity index (χ4v) is 3.66. The number of aromatic nitrogens is 1. The van der Waals surface area contributed by atoms with E-state index in [-0.39, 0.29) is 0 Å². The summed E-state index contributed by atoms with van der Waals surface area (Å²) in [5, 5.41) is 3.25. The number of aryl methyl sites for hydroxylation is 1. The monoisotopic (exact) mass is 312 g/mol. The highest BCUT2D eigenvalue weighted by Gasteiger charge is 2.05. The first-order valence-electron chi connectivity index (χ1n) is 6.70. The van der Waals surface area contributed by atoms with Crippen LogP contribution in [0.4, 0.5) is 5.69 Å². The van der Waals surface area contributed by atoms with E-state index >= 15 is 0 Å². The predicted molar refractivity (Wildman–Crippen MR) is 92.7 cm³/mol. The Bertz CT molecular complexity index is 715. The van der Waals surface area contributed by atoms with Gasteiger partial charge >= 0.3 is 0 Å². The molecule has 4 heteroatoms. The fraction of sp³-hybridized carbons (Fsp3) is 0.118. The van der Waals surface area contributed by atoms with Crippen molar-refractivity contribution in [1.82, 2.24) is 4.98 Å². The van der Waals surface area contributed by atoms with Crippen molar-refractivity contribution in [3.63, 3.8) is 0 Å². The summed E-state index contributed by atoms with van der Waals surface area (Å²) in [6, 6.07) is 16.5. The van der Waals surface area contributed by atoms with Crippen LogP contribution in [-0.4, -0.2) is 4.98 Å². The zero-order valence-corrected chi connectivity index (χ0v) is 13.4. The Morgan fingerprint density at radius 2 is 1.76 bits per heavy atom. The van der Waals surface area contributed by atoms with E-state index in [2.05, 4.69) is 36.6 Å². The van der Waals surface area contributed by atoms with Crippen molar-refractivity contribution in [3.8, 4) is 11.3 Å². The lowest BCUT2D eigenvalue weighted by Gasteiger charge is -2.00.